The molecular weight excluding hydrogens is 328 g/mol. The molecule has 0 spiro atoms. The van der Waals surface area contributed by atoms with Crippen LogP contribution in [-0.2, 0) is 9.53 Å². The van der Waals surface area contributed by atoms with Gasteiger partial charge in [0.1, 0.15) is 12.1 Å². The molecular formula is C17H22N2O4S. The minimum atomic E-state index is -0.641. The van der Waals surface area contributed by atoms with Crippen LogP contribution in [0.4, 0.5) is 4.79 Å². The Morgan fingerprint density at radius 1 is 1.12 bits per heavy atom. The predicted octanol–water partition coefficient (Wildman–Crippen LogP) is 2.71. The highest BCUT2D eigenvalue weighted by Gasteiger charge is 2.16. The molecule has 0 saturated carbocycles. The third-order valence-corrected chi connectivity index (χ3v) is 3.27. The highest BCUT2D eigenvalue weighted by atomic mass is 32.2. The summed E-state index contributed by atoms with van der Waals surface area (Å²) in [5.41, 5.74) is 0.0176. The molecule has 0 radical (unpaired) electrons. The number of thioether (sulfide) groups is 1. The van der Waals surface area contributed by atoms with Gasteiger partial charge in [-0.3, -0.25) is 9.59 Å². The summed E-state index contributed by atoms with van der Waals surface area (Å²) < 4.78 is 5.01. The van der Waals surface area contributed by atoms with Gasteiger partial charge in [-0.2, -0.15) is 0 Å². The van der Waals surface area contributed by atoms with E-state index >= 15 is 0 Å². The maximum atomic E-state index is 11.8. The van der Waals surface area contributed by atoms with Gasteiger partial charge in [0.2, 0.25) is 11.0 Å². The fourth-order valence-electron chi connectivity index (χ4n) is 1.50. The van der Waals surface area contributed by atoms with Crippen molar-refractivity contribution in [3.63, 3.8) is 0 Å². The first-order valence-electron chi connectivity index (χ1n) is 7.42. The Hall–Kier alpha value is -2.28. The number of benzene rings is 1. The van der Waals surface area contributed by atoms with Crippen LogP contribution in [0.15, 0.2) is 41.8 Å². The van der Waals surface area contributed by atoms with Crippen LogP contribution >= 0.6 is 11.8 Å². The number of hydrogen-bond acceptors (Lipinski definition) is 5. The summed E-state index contributed by atoms with van der Waals surface area (Å²) in [6.45, 7) is 5.33. The van der Waals surface area contributed by atoms with E-state index in [4.69, 9.17) is 4.74 Å². The first-order chi connectivity index (χ1) is 11.3. The van der Waals surface area contributed by atoms with Crippen molar-refractivity contribution in [2.45, 2.75) is 26.4 Å². The topological polar surface area (TPSA) is 84.5 Å². The summed E-state index contributed by atoms with van der Waals surface area (Å²) in [6, 6.07) is 8.93. The Morgan fingerprint density at radius 2 is 1.79 bits per heavy atom. The van der Waals surface area contributed by atoms with Crippen LogP contribution in [0.5, 0.6) is 0 Å². The highest BCUT2D eigenvalue weighted by Crippen LogP contribution is 2.12. The second-order valence-corrected chi connectivity index (χ2v) is 6.68. The molecule has 0 atom stereocenters. The number of amides is 2. The Bertz CT molecular complexity index is 594. The molecule has 130 valence electrons. The van der Waals surface area contributed by atoms with Gasteiger partial charge in [-0.05, 0) is 26.2 Å². The van der Waals surface area contributed by atoms with Gasteiger partial charge in [0.25, 0.3) is 0 Å². The number of carbonyl (C=O) groups is 3. The molecule has 2 amide bonds. The Morgan fingerprint density at radius 3 is 2.42 bits per heavy atom. The summed E-state index contributed by atoms with van der Waals surface area (Å²) in [7, 11) is 0. The zero-order valence-electron chi connectivity index (χ0n) is 14.0. The molecule has 1 aromatic rings. The number of hydrogen-bond donors (Lipinski definition) is 2. The Labute approximate surface area is 146 Å². The lowest BCUT2D eigenvalue weighted by Crippen LogP contribution is -2.39. The molecule has 0 saturated heterocycles. The first kappa shape index (κ1) is 19.8. The second kappa shape index (κ2) is 9.77. The van der Waals surface area contributed by atoms with Gasteiger partial charge in [0, 0.05) is 12.1 Å². The van der Waals surface area contributed by atoms with Crippen LogP contribution in [-0.4, -0.2) is 35.8 Å². The lowest BCUT2D eigenvalue weighted by molar-refractivity contribution is -0.120. The smallest absolute Gasteiger partial charge is 0.408 e. The molecule has 0 heterocycles. The molecule has 2 N–H and O–H groups in total. The van der Waals surface area contributed by atoms with Crippen LogP contribution in [0.1, 0.15) is 31.1 Å². The summed E-state index contributed by atoms with van der Waals surface area (Å²) in [5.74, 6) is -0.343. The van der Waals surface area contributed by atoms with Gasteiger partial charge in [0.15, 0.2) is 0 Å². The van der Waals surface area contributed by atoms with Gasteiger partial charge in [-0.1, -0.05) is 48.2 Å². The number of alkyl carbamates (subject to hydrolysis) is 1. The van der Waals surface area contributed by atoms with Crippen molar-refractivity contribution in [1.29, 1.82) is 0 Å². The molecule has 0 bridgehead atoms. The van der Waals surface area contributed by atoms with E-state index in [-0.39, 0.29) is 24.1 Å². The minimum absolute atomic E-state index is 0.0650. The second-order valence-electron chi connectivity index (χ2n) is 5.80. The number of nitrogens with one attached hydrogen (secondary N) is 2. The van der Waals surface area contributed by atoms with Gasteiger partial charge in [0.05, 0.1) is 0 Å². The fourth-order valence-corrected chi connectivity index (χ4v) is 2.09. The first-order valence-corrected chi connectivity index (χ1v) is 8.30. The molecule has 0 fully saturated rings. The molecule has 1 rings (SSSR count). The van der Waals surface area contributed by atoms with Crippen LogP contribution in [0.25, 0.3) is 0 Å². The average Bonchev–Trinajstić information content (AvgIpc) is 2.51. The average molecular weight is 350 g/mol. The van der Waals surface area contributed by atoms with E-state index in [0.717, 1.165) is 11.8 Å². The van der Waals surface area contributed by atoms with Crippen LogP contribution in [0.2, 0.25) is 0 Å². The zero-order valence-corrected chi connectivity index (χ0v) is 14.8. The summed E-state index contributed by atoms with van der Waals surface area (Å²) >= 11 is 1.05. The molecule has 0 unspecified atom stereocenters. The van der Waals surface area contributed by atoms with Crippen LogP contribution < -0.4 is 10.6 Å². The normalized spacial score (nSPS) is 11.1. The number of ether oxygens (including phenoxy) is 1. The Kier molecular flexibility index (Phi) is 8.05. The van der Waals surface area contributed by atoms with Gasteiger partial charge in [-0.15, -0.1) is 0 Å². The van der Waals surface area contributed by atoms with Crippen molar-refractivity contribution in [2.24, 2.45) is 0 Å². The van der Waals surface area contributed by atoms with Crippen molar-refractivity contribution in [3.8, 4) is 0 Å². The van der Waals surface area contributed by atoms with E-state index in [1.54, 1.807) is 56.5 Å². The van der Waals surface area contributed by atoms with Crippen LogP contribution in [0, 0.1) is 0 Å². The monoisotopic (exact) mass is 350 g/mol. The molecule has 6 nitrogen and oxygen atoms in total. The zero-order chi connectivity index (χ0) is 18.0. The summed E-state index contributed by atoms with van der Waals surface area (Å²) in [4.78, 5) is 34.7. The molecule has 0 aromatic heterocycles. The van der Waals surface area contributed by atoms with E-state index < -0.39 is 11.7 Å². The highest BCUT2D eigenvalue weighted by molar-refractivity contribution is 8.16. The Balaban J connectivity index is 2.19. The summed E-state index contributed by atoms with van der Waals surface area (Å²) in [5, 5.41) is 6.51. The molecule has 0 aliphatic rings. The standard InChI is InChI=1S/C17H22N2O4S/c1-17(2,3)23-16(22)19-12-14(20)18-10-7-11-24-15(21)13-8-5-4-6-9-13/h4-9,11H,10,12H2,1-3H3,(H,18,20)(H,19,22)/b11-7-. The molecule has 24 heavy (non-hydrogen) atoms. The maximum absolute atomic E-state index is 11.8. The van der Waals surface area contributed by atoms with E-state index in [1.807, 2.05) is 6.07 Å². The quantitative estimate of drug-likeness (QED) is 0.824. The molecule has 7 heteroatoms. The molecule has 0 aliphatic heterocycles. The van der Waals surface area contributed by atoms with Crippen molar-refractivity contribution in [1.82, 2.24) is 10.6 Å². The maximum Gasteiger partial charge on any atom is 0.408 e. The predicted molar refractivity (Wildman–Crippen MR) is 94.7 cm³/mol. The van der Waals surface area contributed by atoms with E-state index in [9.17, 15) is 14.4 Å². The van der Waals surface area contributed by atoms with Crippen molar-refractivity contribution in [2.75, 3.05) is 13.1 Å². The summed E-state index contributed by atoms with van der Waals surface area (Å²) in [6.07, 6.45) is 1.02. The third-order valence-electron chi connectivity index (χ3n) is 2.49. The van der Waals surface area contributed by atoms with E-state index in [2.05, 4.69) is 10.6 Å². The largest absolute Gasteiger partial charge is 0.444 e. The van der Waals surface area contributed by atoms with E-state index in [1.165, 1.54) is 0 Å². The van der Waals surface area contributed by atoms with Gasteiger partial charge in [-0.25, -0.2) is 4.79 Å². The van der Waals surface area contributed by atoms with Crippen molar-refractivity contribution < 1.29 is 19.1 Å². The van der Waals surface area contributed by atoms with Crippen molar-refractivity contribution >= 4 is 28.9 Å². The minimum Gasteiger partial charge on any atom is -0.444 e. The van der Waals surface area contributed by atoms with Gasteiger partial charge < -0.3 is 15.4 Å². The van der Waals surface area contributed by atoms with Crippen molar-refractivity contribution in [3.05, 3.63) is 47.4 Å². The lowest BCUT2D eigenvalue weighted by atomic mass is 10.2. The number of carbonyl (C=O) groups excluding carboxylic acids is 3. The third kappa shape index (κ3) is 8.99. The molecule has 0 aliphatic carbocycles. The fraction of sp³-hybridized carbons (Fsp3) is 0.353. The lowest BCUT2D eigenvalue weighted by Gasteiger charge is -2.19. The SMILES string of the molecule is CC(C)(C)OC(=O)NCC(=O)NC/C=C\SC(=O)c1ccccc1. The number of rotatable bonds is 6. The van der Waals surface area contributed by atoms with Gasteiger partial charge >= 0.3 is 6.09 Å². The van der Waals surface area contributed by atoms with Crippen LogP contribution in [0.3, 0.4) is 0 Å². The van der Waals surface area contributed by atoms with E-state index in [0.29, 0.717) is 5.56 Å². The molecule has 1 aromatic carbocycles.